The molecule has 0 heterocycles. The van der Waals surface area contributed by atoms with Crippen molar-refractivity contribution >= 4 is 0 Å². The summed E-state index contributed by atoms with van der Waals surface area (Å²) in [6.45, 7) is 1.11. The van der Waals surface area contributed by atoms with E-state index in [-0.39, 0.29) is 0 Å². The molecule has 0 heteroatoms. The van der Waals surface area contributed by atoms with Gasteiger partial charge in [0.1, 0.15) is 0 Å². The monoisotopic (exact) mass is 88.1 g/mol. The molecule has 0 aliphatic carbocycles. The second kappa shape index (κ2) is 5.00. The zero-order valence-corrected chi connectivity index (χ0v) is 4.24. The van der Waals surface area contributed by atoms with Gasteiger partial charge in [0, 0.05) is 2.74 Å². The molecule has 0 fully saturated rings. The van der Waals surface area contributed by atoms with Crippen LogP contribution in [0.5, 0.6) is 0 Å². The van der Waals surface area contributed by atoms with Crippen LogP contribution < -0.4 is 0 Å². The van der Waals surface area contributed by atoms with E-state index in [2.05, 4.69) is 0 Å². The van der Waals surface area contributed by atoms with Crippen LogP contribution in [0, 0.1) is 0 Å². The first-order chi connectivity index (χ1) is 3.91. The number of rotatable bonds is 3. The van der Waals surface area contributed by atoms with E-state index >= 15 is 0 Å². The molecule has 0 rings (SSSR count). The van der Waals surface area contributed by atoms with Crippen LogP contribution in [0.25, 0.3) is 0 Å². The lowest BCUT2D eigenvalue weighted by molar-refractivity contribution is 0.702. The maximum Gasteiger partial charge on any atom is 0.0230 e. The minimum Gasteiger partial charge on any atom is -0.0654 e. The van der Waals surface area contributed by atoms with E-state index in [1.54, 1.807) is 0 Å². The summed E-state index contributed by atoms with van der Waals surface area (Å²) in [5, 5.41) is 0. The van der Waals surface area contributed by atoms with Crippen molar-refractivity contribution in [2.45, 2.75) is 39.5 Å². The molecule has 0 N–H and O–H groups in total. The molecule has 0 bridgehead atoms. The highest BCUT2D eigenvalue weighted by Gasteiger charge is 1.75. The lowest BCUT2D eigenvalue weighted by Crippen LogP contribution is -1.66. The van der Waals surface area contributed by atoms with E-state index in [0.29, 0.717) is 13.8 Å². The molecule has 0 unspecified atom stereocenters. The molecule has 0 aromatic carbocycles. The minimum atomic E-state index is 0.554. The Kier molecular flexibility index (Phi) is 2.55. The van der Waals surface area contributed by atoms with Crippen LogP contribution in [-0.4, -0.2) is 0 Å². The van der Waals surface area contributed by atoms with Crippen LogP contribution in [0.3, 0.4) is 0 Å². The van der Waals surface area contributed by atoms with Gasteiger partial charge in [-0.25, -0.2) is 0 Å². The van der Waals surface area contributed by atoms with Gasteiger partial charge in [-0.1, -0.05) is 39.5 Å². The normalized spacial score (nSPS) is 13.3. The van der Waals surface area contributed by atoms with Crippen LogP contribution in [0.2, 0.25) is 0 Å². The summed E-state index contributed by atoms with van der Waals surface area (Å²) in [6.07, 6.45) is 4.31. The molecule has 0 atom stereocenters. The fourth-order valence-corrected chi connectivity index (χ4v) is 0.354. The van der Waals surface area contributed by atoms with Gasteiger partial charge in [0.2, 0.25) is 0 Å². The SMILES string of the molecule is [2H]CCCCCC[2H]. The lowest BCUT2D eigenvalue weighted by atomic mass is 10.2. The van der Waals surface area contributed by atoms with Gasteiger partial charge in [-0.3, -0.25) is 0 Å². The van der Waals surface area contributed by atoms with E-state index in [9.17, 15) is 0 Å². The molecule has 0 spiro atoms. The van der Waals surface area contributed by atoms with Gasteiger partial charge in [-0.15, -0.1) is 0 Å². The molecule has 0 aliphatic heterocycles. The van der Waals surface area contributed by atoms with E-state index in [1.807, 2.05) is 0 Å². The highest BCUT2D eigenvalue weighted by molar-refractivity contribution is 4.31. The molecule has 0 aliphatic rings. The van der Waals surface area contributed by atoms with Crippen molar-refractivity contribution in [2.24, 2.45) is 0 Å². The molecule has 0 saturated carbocycles. The maximum atomic E-state index is 6.79. The average Bonchev–Trinajstić information content (AvgIpc) is 1.81. The third kappa shape index (κ3) is 4.00. The Morgan fingerprint density at radius 3 is 2.00 bits per heavy atom. The third-order valence-electron chi connectivity index (χ3n) is 0.750. The van der Waals surface area contributed by atoms with Crippen molar-refractivity contribution < 1.29 is 2.74 Å². The summed E-state index contributed by atoms with van der Waals surface area (Å²) in [6, 6.07) is 0. The molecular formula is C6H14. The number of hydrogen-bond acceptors (Lipinski definition) is 0. The molecule has 0 aromatic rings. The average molecular weight is 88.2 g/mol. The third-order valence-corrected chi connectivity index (χ3v) is 0.750. The molecule has 0 aromatic heterocycles. The lowest BCUT2D eigenvalue weighted by Gasteiger charge is -1.86. The summed E-state index contributed by atoms with van der Waals surface area (Å²) in [5.74, 6) is 0. The van der Waals surface area contributed by atoms with Crippen molar-refractivity contribution in [2.75, 3.05) is 0 Å². The second-order valence-electron chi connectivity index (χ2n) is 1.41. The topological polar surface area (TPSA) is 0 Å². The van der Waals surface area contributed by atoms with Crippen LogP contribution in [0.4, 0.5) is 0 Å². The van der Waals surface area contributed by atoms with Gasteiger partial charge >= 0.3 is 0 Å². The Hall–Kier alpha value is 0. The van der Waals surface area contributed by atoms with Crippen LogP contribution in [-0.2, 0) is 0 Å². The molecule has 0 saturated heterocycles. The molecular weight excluding hydrogens is 72.1 g/mol. The first-order valence-electron chi connectivity index (χ1n) is 3.91. The highest BCUT2D eigenvalue weighted by atomic mass is 13.8. The van der Waals surface area contributed by atoms with Gasteiger partial charge < -0.3 is 0 Å². The van der Waals surface area contributed by atoms with Gasteiger partial charge in [0.25, 0.3) is 0 Å². The first kappa shape index (κ1) is 3.06. The predicted molar refractivity (Wildman–Crippen MR) is 29.8 cm³/mol. The van der Waals surface area contributed by atoms with Crippen molar-refractivity contribution in [3.63, 3.8) is 0 Å². The van der Waals surface area contributed by atoms with Gasteiger partial charge in [-0.2, -0.15) is 0 Å². The maximum absolute atomic E-state index is 6.79. The summed E-state index contributed by atoms with van der Waals surface area (Å²) >= 11 is 0. The Balaban J connectivity index is 2.53. The minimum absolute atomic E-state index is 0.554. The van der Waals surface area contributed by atoms with Crippen LogP contribution >= 0.6 is 0 Å². The molecule has 6 heavy (non-hydrogen) atoms. The van der Waals surface area contributed by atoms with Crippen LogP contribution in [0.1, 0.15) is 42.2 Å². The number of unbranched alkanes of at least 4 members (excludes halogenated alkanes) is 3. The Bertz CT molecular complexity index is 31.5. The van der Waals surface area contributed by atoms with E-state index in [1.165, 1.54) is 0 Å². The van der Waals surface area contributed by atoms with E-state index in [4.69, 9.17) is 2.74 Å². The number of hydrogen-bond donors (Lipinski definition) is 0. The molecule has 0 radical (unpaired) electrons. The van der Waals surface area contributed by atoms with E-state index in [0.717, 1.165) is 25.7 Å². The van der Waals surface area contributed by atoms with Crippen molar-refractivity contribution in [1.82, 2.24) is 0 Å². The largest absolute Gasteiger partial charge is 0.0654 e. The fraction of sp³-hybridized carbons (Fsp3) is 1.00. The first-order valence-corrected chi connectivity index (χ1v) is 2.50. The van der Waals surface area contributed by atoms with Gasteiger partial charge in [0.05, 0.1) is 0 Å². The van der Waals surface area contributed by atoms with Gasteiger partial charge in [-0.05, 0) is 0 Å². The zero-order chi connectivity index (χ0) is 6.24. The zero-order valence-electron chi connectivity index (χ0n) is 6.24. The molecule has 38 valence electrons. The highest BCUT2D eigenvalue weighted by Crippen LogP contribution is 1.95. The van der Waals surface area contributed by atoms with Gasteiger partial charge in [0.15, 0.2) is 0 Å². The van der Waals surface area contributed by atoms with Crippen molar-refractivity contribution in [3.8, 4) is 0 Å². The molecule has 0 nitrogen and oxygen atoms in total. The van der Waals surface area contributed by atoms with Crippen LogP contribution in [0.15, 0.2) is 0 Å². The van der Waals surface area contributed by atoms with E-state index < -0.39 is 0 Å². The molecule has 0 amide bonds. The quantitative estimate of drug-likeness (QED) is 0.465. The summed E-state index contributed by atoms with van der Waals surface area (Å²) in [4.78, 5) is 0. The second-order valence-corrected chi connectivity index (χ2v) is 1.41. The van der Waals surface area contributed by atoms with Crippen molar-refractivity contribution in [3.05, 3.63) is 0 Å². The summed E-state index contributed by atoms with van der Waals surface area (Å²) in [7, 11) is 0. The smallest absolute Gasteiger partial charge is 0.0230 e. The summed E-state index contributed by atoms with van der Waals surface area (Å²) in [5.41, 5.74) is 0. The fourth-order valence-electron chi connectivity index (χ4n) is 0.354. The van der Waals surface area contributed by atoms with Crippen molar-refractivity contribution in [1.29, 1.82) is 0 Å². The Morgan fingerprint density at radius 1 is 1.17 bits per heavy atom. The Morgan fingerprint density at radius 2 is 1.67 bits per heavy atom. The Labute approximate surface area is 43.4 Å². The predicted octanol–water partition coefficient (Wildman–Crippen LogP) is 2.59. The standard InChI is InChI=1S/C6H14/c1-3-5-6-4-2/h3-6H2,1-2H3/i1D,2D. The summed E-state index contributed by atoms with van der Waals surface area (Å²) < 4.78 is 13.6.